The Morgan fingerprint density at radius 3 is 1.72 bits per heavy atom. The molecule has 5 aromatic rings. The molecule has 0 saturated carbocycles. The fraction of sp³-hybridized carbons (Fsp3) is 0. The first-order chi connectivity index (χ1) is 15.2. The van der Waals surface area contributed by atoms with Crippen LogP contribution in [-0.2, 0) is 0 Å². The topological polar surface area (TPSA) is 161 Å². The number of carbonyl (C=O) groups excluding carboxylic acids is 2. The Labute approximate surface area is 179 Å². The molecule has 32 heavy (non-hydrogen) atoms. The number of hydrogen-bond donors (Lipinski definition) is 4. The van der Waals surface area contributed by atoms with Gasteiger partial charge in [0.05, 0.1) is 22.3 Å². The van der Waals surface area contributed by atoms with E-state index in [-0.39, 0.29) is 27.3 Å². The van der Waals surface area contributed by atoms with Crippen molar-refractivity contribution in [2.24, 2.45) is 11.5 Å². The van der Waals surface area contributed by atoms with Crippen molar-refractivity contribution in [3.63, 3.8) is 0 Å². The maximum absolute atomic E-state index is 12.6. The maximum atomic E-state index is 12.6. The Hall–Kier alpha value is -4.72. The van der Waals surface area contributed by atoms with Gasteiger partial charge in [-0.15, -0.1) is 0 Å². The lowest BCUT2D eigenvalue weighted by molar-refractivity contribution is 0.0693. The molecule has 0 aliphatic rings. The van der Waals surface area contributed by atoms with E-state index in [9.17, 15) is 29.4 Å². The van der Waals surface area contributed by atoms with Crippen LogP contribution in [0.5, 0.6) is 0 Å². The van der Waals surface area contributed by atoms with E-state index in [2.05, 4.69) is 0 Å². The minimum Gasteiger partial charge on any atom is -0.478 e. The first-order valence-corrected chi connectivity index (χ1v) is 9.49. The number of aromatic carboxylic acids is 2. The molecule has 0 unspecified atom stereocenters. The number of carbonyl (C=O) groups is 4. The highest BCUT2D eigenvalue weighted by atomic mass is 16.4. The number of primary amides is 2. The molecule has 2 amide bonds. The Kier molecular flexibility index (Phi) is 3.84. The Morgan fingerprint density at radius 1 is 0.562 bits per heavy atom. The first-order valence-electron chi connectivity index (χ1n) is 9.49. The number of rotatable bonds is 4. The molecular formula is C24H14N2O6. The number of carboxylic acids is 2. The maximum Gasteiger partial charge on any atom is 0.337 e. The van der Waals surface area contributed by atoms with Crippen molar-refractivity contribution in [3.05, 3.63) is 70.8 Å². The molecule has 6 N–H and O–H groups in total. The summed E-state index contributed by atoms with van der Waals surface area (Å²) in [4.78, 5) is 49.4. The molecule has 0 heterocycles. The second-order valence-electron chi connectivity index (χ2n) is 7.46. The van der Waals surface area contributed by atoms with Gasteiger partial charge in [-0.25, -0.2) is 9.59 Å². The molecule has 5 rings (SSSR count). The summed E-state index contributed by atoms with van der Waals surface area (Å²) in [6.07, 6.45) is 0. The summed E-state index contributed by atoms with van der Waals surface area (Å²) in [5.41, 5.74) is 9.24. The van der Waals surface area contributed by atoms with Crippen LogP contribution in [0.4, 0.5) is 0 Å². The average Bonchev–Trinajstić information content (AvgIpc) is 2.75. The lowest BCUT2D eigenvalue weighted by atomic mass is 9.81. The third kappa shape index (κ3) is 2.31. The molecule has 0 saturated heterocycles. The minimum atomic E-state index is -1.59. The molecular weight excluding hydrogens is 412 g/mol. The van der Waals surface area contributed by atoms with E-state index >= 15 is 0 Å². The molecule has 0 aromatic heterocycles. The summed E-state index contributed by atoms with van der Waals surface area (Å²) in [6, 6.07) is 13.7. The second-order valence-corrected chi connectivity index (χ2v) is 7.46. The van der Waals surface area contributed by atoms with Crippen LogP contribution < -0.4 is 11.5 Å². The van der Waals surface area contributed by atoms with Crippen molar-refractivity contribution in [2.75, 3.05) is 0 Å². The molecule has 0 aliphatic heterocycles. The molecule has 0 atom stereocenters. The lowest BCUT2D eigenvalue weighted by Gasteiger charge is -2.21. The highest BCUT2D eigenvalue weighted by molar-refractivity contribution is 6.40. The van der Waals surface area contributed by atoms with Crippen LogP contribution in [0.2, 0.25) is 0 Å². The van der Waals surface area contributed by atoms with Crippen LogP contribution in [0.3, 0.4) is 0 Å². The first kappa shape index (κ1) is 19.3. The van der Waals surface area contributed by atoms with Crippen molar-refractivity contribution in [1.29, 1.82) is 0 Å². The Morgan fingerprint density at radius 2 is 1.16 bits per heavy atom. The highest BCUT2D eigenvalue weighted by Crippen LogP contribution is 2.45. The van der Waals surface area contributed by atoms with E-state index < -0.39 is 34.9 Å². The molecule has 0 spiro atoms. The van der Waals surface area contributed by atoms with Gasteiger partial charge in [-0.2, -0.15) is 0 Å². The predicted octanol–water partition coefficient (Wildman–Crippen LogP) is 3.33. The van der Waals surface area contributed by atoms with E-state index in [0.29, 0.717) is 10.8 Å². The molecule has 8 heteroatoms. The van der Waals surface area contributed by atoms with E-state index in [0.717, 1.165) is 16.2 Å². The molecule has 0 bridgehead atoms. The van der Waals surface area contributed by atoms with Crippen LogP contribution in [0, 0.1) is 0 Å². The number of fused-ring (bicyclic) bond motifs is 2. The third-order valence-electron chi connectivity index (χ3n) is 5.86. The zero-order valence-corrected chi connectivity index (χ0v) is 16.3. The number of amides is 2. The van der Waals surface area contributed by atoms with Gasteiger partial charge in [0.25, 0.3) is 0 Å². The number of nitrogens with two attached hydrogens (primary N) is 2. The van der Waals surface area contributed by atoms with Gasteiger partial charge in [0.2, 0.25) is 11.8 Å². The molecule has 0 radical (unpaired) electrons. The van der Waals surface area contributed by atoms with Gasteiger partial charge >= 0.3 is 11.9 Å². The van der Waals surface area contributed by atoms with Crippen molar-refractivity contribution in [1.82, 2.24) is 0 Å². The lowest BCUT2D eigenvalue weighted by Crippen LogP contribution is -2.25. The fourth-order valence-electron chi connectivity index (χ4n) is 4.77. The molecule has 5 aromatic carbocycles. The van der Waals surface area contributed by atoms with E-state index in [1.54, 1.807) is 18.2 Å². The van der Waals surface area contributed by atoms with Gasteiger partial charge in [-0.05, 0) is 38.4 Å². The molecule has 0 fully saturated rings. The van der Waals surface area contributed by atoms with E-state index in [1.165, 1.54) is 6.07 Å². The number of benzene rings is 5. The monoisotopic (exact) mass is 426 g/mol. The zero-order chi connectivity index (χ0) is 22.9. The predicted molar refractivity (Wildman–Crippen MR) is 119 cm³/mol. The number of carboxylic acid groups (broad SMARTS) is 2. The van der Waals surface area contributed by atoms with Crippen LogP contribution in [0.15, 0.2) is 48.5 Å². The molecule has 8 nitrogen and oxygen atoms in total. The Balaban J connectivity index is 2.33. The molecule has 0 aliphatic carbocycles. The summed E-state index contributed by atoms with van der Waals surface area (Å²) < 4.78 is 0. The van der Waals surface area contributed by atoms with Gasteiger partial charge in [-0.3, -0.25) is 9.59 Å². The third-order valence-corrected chi connectivity index (χ3v) is 5.86. The van der Waals surface area contributed by atoms with E-state index in [4.69, 9.17) is 11.5 Å². The van der Waals surface area contributed by atoms with Crippen molar-refractivity contribution >= 4 is 66.8 Å². The average molecular weight is 426 g/mol. The quantitative estimate of drug-likeness (QED) is 0.255. The smallest absolute Gasteiger partial charge is 0.337 e. The normalized spacial score (nSPS) is 11.5. The summed E-state index contributed by atoms with van der Waals surface area (Å²) >= 11 is 0. The van der Waals surface area contributed by atoms with Gasteiger partial charge in [0.15, 0.2) is 0 Å². The van der Waals surface area contributed by atoms with Crippen molar-refractivity contribution in [3.8, 4) is 0 Å². The van der Waals surface area contributed by atoms with Gasteiger partial charge < -0.3 is 21.7 Å². The van der Waals surface area contributed by atoms with Gasteiger partial charge in [0.1, 0.15) is 0 Å². The Bertz CT molecular complexity index is 1680. The van der Waals surface area contributed by atoms with Crippen LogP contribution in [-0.4, -0.2) is 34.0 Å². The van der Waals surface area contributed by atoms with E-state index in [1.807, 2.05) is 24.3 Å². The fourth-order valence-corrected chi connectivity index (χ4v) is 4.77. The number of hydrogen-bond acceptors (Lipinski definition) is 4. The second kappa shape index (κ2) is 6.39. The van der Waals surface area contributed by atoms with Crippen molar-refractivity contribution in [2.45, 2.75) is 0 Å². The van der Waals surface area contributed by atoms with Crippen LogP contribution >= 0.6 is 0 Å². The zero-order valence-electron chi connectivity index (χ0n) is 16.3. The van der Waals surface area contributed by atoms with Gasteiger partial charge in [0, 0.05) is 10.8 Å². The largest absolute Gasteiger partial charge is 0.478 e. The van der Waals surface area contributed by atoms with Crippen molar-refractivity contribution < 1.29 is 29.4 Å². The molecule has 156 valence electrons. The SMILES string of the molecule is NC(=O)c1c(C(=O)O)c2c(C(=O)O)ccc3c4cccc5cccc(c(c1C(N)=O)c23)c54. The standard InChI is InChI=1S/C24H14N2O6/c25-21(27)18-16-12-6-2-4-9-3-1-5-10(14(9)12)11-7-8-13(23(29)30)17(15(11)16)20(24(31)32)19(18)22(26)28/h1-8H,(H2,25,27)(H2,26,28)(H,29,30)(H,31,32). The summed E-state index contributed by atoms with van der Waals surface area (Å²) in [6.45, 7) is 0. The van der Waals surface area contributed by atoms with Crippen LogP contribution in [0.1, 0.15) is 41.4 Å². The summed E-state index contributed by atoms with van der Waals surface area (Å²) in [5, 5.41) is 23.5. The summed E-state index contributed by atoms with van der Waals surface area (Å²) in [5.74, 6) is -5.21. The van der Waals surface area contributed by atoms with Crippen LogP contribution in [0.25, 0.3) is 43.1 Å². The van der Waals surface area contributed by atoms with Gasteiger partial charge in [-0.1, -0.05) is 42.5 Å². The minimum absolute atomic E-state index is 0.178. The highest BCUT2D eigenvalue weighted by Gasteiger charge is 2.32. The summed E-state index contributed by atoms with van der Waals surface area (Å²) in [7, 11) is 0.